The first-order valence-corrected chi connectivity index (χ1v) is 4.06. The summed E-state index contributed by atoms with van der Waals surface area (Å²) in [6.45, 7) is 3.76. The first-order chi connectivity index (χ1) is 5.14. The number of methoxy groups -OCH3 is 1. The molecule has 0 spiro atoms. The molecule has 1 saturated heterocycles. The molecule has 0 saturated carbocycles. The lowest BCUT2D eigenvalue weighted by molar-refractivity contribution is -0.901. The van der Waals surface area contributed by atoms with Crippen LogP contribution in [0, 0.1) is 0 Å². The van der Waals surface area contributed by atoms with E-state index in [9.17, 15) is 0 Å². The molecule has 0 aliphatic carbocycles. The van der Waals surface area contributed by atoms with Crippen LogP contribution in [0.25, 0.3) is 0 Å². The van der Waals surface area contributed by atoms with Crippen LogP contribution in [-0.4, -0.2) is 58.1 Å². The Balaban J connectivity index is 2.34. The van der Waals surface area contributed by atoms with E-state index in [0.29, 0.717) is 6.10 Å². The molecule has 11 heavy (non-hydrogen) atoms. The second kappa shape index (κ2) is 3.52. The van der Waals surface area contributed by atoms with Gasteiger partial charge in [0.05, 0.1) is 27.3 Å². The average Bonchev–Trinajstić information content (AvgIpc) is 1.85. The predicted molar refractivity (Wildman–Crippen MR) is 43.5 cm³/mol. The summed E-state index contributed by atoms with van der Waals surface area (Å²) in [5, 5.41) is 0. The van der Waals surface area contributed by atoms with Crippen molar-refractivity contribution in [2.24, 2.45) is 0 Å². The van der Waals surface area contributed by atoms with Gasteiger partial charge in [0, 0.05) is 7.11 Å². The van der Waals surface area contributed by atoms with Gasteiger partial charge in [0.15, 0.2) is 0 Å². The Hall–Kier alpha value is -0.120. The molecule has 0 aromatic heterocycles. The SMILES string of the molecule is COCC1C[N+](C)(C)CCO1. The maximum Gasteiger partial charge on any atom is 0.130 e. The van der Waals surface area contributed by atoms with E-state index in [2.05, 4.69) is 14.1 Å². The maximum absolute atomic E-state index is 5.51. The minimum absolute atomic E-state index is 0.295. The summed E-state index contributed by atoms with van der Waals surface area (Å²) in [6.07, 6.45) is 0.295. The van der Waals surface area contributed by atoms with Gasteiger partial charge in [-0.15, -0.1) is 0 Å². The number of ether oxygens (including phenoxy) is 2. The molecule has 3 heteroatoms. The molecule has 1 rings (SSSR count). The van der Waals surface area contributed by atoms with E-state index in [1.807, 2.05) is 0 Å². The van der Waals surface area contributed by atoms with Crippen LogP contribution in [0.3, 0.4) is 0 Å². The van der Waals surface area contributed by atoms with Crippen LogP contribution in [0.2, 0.25) is 0 Å². The van der Waals surface area contributed by atoms with Gasteiger partial charge in [-0.3, -0.25) is 0 Å². The van der Waals surface area contributed by atoms with Crippen LogP contribution in [0.1, 0.15) is 0 Å². The highest BCUT2D eigenvalue weighted by atomic mass is 16.5. The molecular formula is C8H18NO2+. The molecule has 0 bridgehead atoms. The Bertz CT molecular complexity index is 123. The van der Waals surface area contributed by atoms with Gasteiger partial charge in [0.2, 0.25) is 0 Å². The fourth-order valence-corrected chi connectivity index (χ4v) is 1.45. The first kappa shape index (κ1) is 8.97. The third-order valence-electron chi connectivity index (χ3n) is 2.10. The molecule has 1 fully saturated rings. The van der Waals surface area contributed by atoms with Crippen LogP contribution in [-0.2, 0) is 9.47 Å². The molecule has 1 unspecified atom stereocenters. The molecule has 1 aliphatic heterocycles. The summed E-state index contributed by atoms with van der Waals surface area (Å²) < 4.78 is 11.6. The standard InChI is InChI=1S/C8H18NO2/c1-9(2)4-5-11-8(6-9)7-10-3/h8H,4-7H2,1-3H3/q+1. The Labute approximate surface area is 68.5 Å². The second-order valence-corrected chi connectivity index (χ2v) is 3.79. The van der Waals surface area contributed by atoms with Crippen LogP contribution in [0.15, 0.2) is 0 Å². The second-order valence-electron chi connectivity index (χ2n) is 3.79. The Morgan fingerprint density at radius 2 is 2.27 bits per heavy atom. The Kier molecular flexibility index (Phi) is 2.87. The van der Waals surface area contributed by atoms with E-state index < -0.39 is 0 Å². The number of quaternary nitrogens is 1. The molecule has 66 valence electrons. The molecule has 0 aromatic rings. The van der Waals surface area contributed by atoms with Gasteiger partial charge in [0.1, 0.15) is 19.2 Å². The minimum Gasteiger partial charge on any atom is -0.382 e. The number of likely N-dealkylation sites (N-methyl/N-ethyl adjacent to an activating group) is 1. The molecule has 1 atom stereocenters. The maximum atomic E-state index is 5.51. The Morgan fingerprint density at radius 3 is 2.82 bits per heavy atom. The number of rotatable bonds is 2. The van der Waals surface area contributed by atoms with Gasteiger partial charge in [-0.25, -0.2) is 0 Å². The zero-order valence-electron chi connectivity index (χ0n) is 7.67. The van der Waals surface area contributed by atoms with Crippen molar-refractivity contribution in [3.63, 3.8) is 0 Å². The number of hydrogen-bond donors (Lipinski definition) is 0. The van der Waals surface area contributed by atoms with Gasteiger partial charge >= 0.3 is 0 Å². The van der Waals surface area contributed by atoms with Gasteiger partial charge in [-0.1, -0.05) is 0 Å². The van der Waals surface area contributed by atoms with Gasteiger partial charge in [0.25, 0.3) is 0 Å². The summed E-state index contributed by atoms with van der Waals surface area (Å²) in [4.78, 5) is 0. The third-order valence-corrected chi connectivity index (χ3v) is 2.10. The molecule has 0 radical (unpaired) electrons. The van der Waals surface area contributed by atoms with E-state index >= 15 is 0 Å². The predicted octanol–water partition coefficient (Wildman–Crippen LogP) is 0.108. The van der Waals surface area contributed by atoms with Crippen molar-refractivity contribution in [2.75, 3.05) is 47.5 Å². The van der Waals surface area contributed by atoms with Gasteiger partial charge in [-0.05, 0) is 0 Å². The fourth-order valence-electron chi connectivity index (χ4n) is 1.45. The summed E-state index contributed by atoms with van der Waals surface area (Å²) >= 11 is 0. The van der Waals surface area contributed by atoms with Crippen LogP contribution < -0.4 is 0 Å². The molecule has 0 N–H and O–H groups in total. The van der Waals surface area contributed by atoms with Crippen LogP contribution in [0.5, 0.6) is 0 Å². The highest BCUT2D eigenvalue weighted by Crippen LogP contribution is 2.09. The van der Waals surface area contributed by atoms with Crippen molar-refractivity contribution >= 4 is 0 Å². The molecule has 1 heterocycles. The summed E-state index contributed by atoms with van der Waals surface area (Å²) in [7, 11) is 6.17. The van der Waals surface area contributed by atoms with Crippen LogP contribution in [0.4, 0.5) is 0 Å². The lowest BCUT2D eigenvalue weighted by Crippen LogP contribution is -2.53. The smallest absolute Gasteiger partial charge is 0.130 e. The third kappa shape index (κ3) is 2.77. The van der Waals surface area contributed by atoms with Crippen LogP contribution >= 0.6 is 0 Å². The largest absolute Gasteiger partial charge is 0.382 e. The van der Waals surface area contributed by atoms with Crippen molar-refractivity contribution in [2.45, 2.75) is 6.10 Å². The molecule has 0 aromatic carbocycles. The Morgan fingerprint density at radius 1 is 1.55 bits per heavy atom. The highest BCUT2D eigenvalue weighted by molar-refractivity contribution is 4.59. The average molecular weight is 160 g/mol. The van der Waals surface area contributed by atoms with Crippen molar-refractivity contribution in [1.29, 1.82) is 0 Å². The quantitative estimate of drug-likeness (QED) is 0.534. The van der Waals surface area contributed by atoms with Crippen molar-refractivity contribution in [1.82, 2.24) is 0 Å². The monoisotopic (exact) mass is 160 g/mol. The van der Waals surface area contributed by atoms with E-state index in [1.165, 1.54) is 0 Å². The normalized spacial score (nSPS) is 30.3. The van der Waals surface area contributed by atoms with Gasteiger partial charge < -0.3 is 14.0 Å². The number of morpholine rings is 1. The molecule has 0 amide bonds. The zero-order valence-corrected chi connectivity index (χ0v) is 7.67. The first-order valence-electron chi connectivity index (χ1n) is 4.06. The number of nitrogens with zero attached hydrogens (tertiary/aromatic N) is 1. The van der Waals surface area contributed by atoms with Crippen molar-refractivity contribution < 1.29 is 14.0 Å². The summed E-state index contributed by atoms with van der Waals surface area (Å²) in [5.41, 5.74) is 0. The molecular weight excluding hydrogens is 142 g/mol. The van der Waals surface area contributed by atoms with Gasteiger partial charge in [-0.2, -0.15) is 0 Å². The van der Waals surface area contributed by atoms with E-state index in [0.717, 1.165) is 30.8 Å². The minimum atomic E-state index is 0.295. The fraction of sp³-hybridized carbons (Fsp3) is 1.00. The summed E-state index contributed by atoms with van der Waals surface area (Å²) in [6, 6.07) is 0. The van der Waals surface area contributed by atoms with E-state index in [4.69, 9.17) is 9.47 Å². The number of hydrogen-bond acceptors (Lipinski definition) is 2. The molecule has 1 aliphatic rings. The lowest BCUT2D eigenvalue weighted by Gasteiger charge is -2.37. The highest BCUT2D eigenvalue weighted by Gasteiger charge is 2.27. The topological polar surface area (TPSA) is 18.5 Å². The van der Waals surface area contributed by atoms with E-state index in [1.54, 1.807) is 7.11 Å². The van der Waals surface area contributed by atoms with Crippen molar-refractivity contribution in [3.8, 4) is 0 Å². The summed E-state index contributed by atoms with van der Waals surface area (Å²) in [5.74, 6) is 0. The lowest BCUT2D eigenvalue weighted by atomic mass is 10.2. The molecule has 3 nitrogen and oxygen atoms in total. The van der Waals surface area contributed by atoms with E-state index in [-0.39, 0.29) is 0 Å². The van der Waals surface area contributed by atoms with Crippen molar-refractivity contribution in [3.05, 3.63) is 0 Å². The zero-order chi connectivity index (χ0) is 8.32.